The molecular weight excluding hydrogens is 406 g/mol. The average molecular weight is 419 g/mol. The number of aryl methyl sites for hydroxylation is 2. The van der Waals surface area contributed by atoms with Crippen LogP contribution in [0.2, 0.25) is 0 Å². The first-order valence-corrected chi connectivity index (χ1v) is 8.91. The van der Waals surface area contributed by atoms with Crippen LogP contribution in [0.3, 0.4) is 0 Å². The molecular formula is C14H13Br2NO2S. The Kier molecular flexibility index (Phi) is 4.56. The molecule has 0 spiro atoms. The summed E-state index contributed by atoms with van der Waals surface area (Å²) in [4.78, 5) is 0.260. The number of halogens is 2. The van der Waals surface area contributed by atoms with Gasteiger partial charge in [0, 0.05) is 8.95 Å². The van der Waals surface area contributed by atoms with Gasteiger partial charge in [0.2, 0.25) is 0 Å². The molecule has 1 N–H and O–H groups in total. The molecule has 0 heterocycles. The van der Waals surface area contributed by atoms with Crippen LogP contribution >= 0.6 is 31.9 Å². The number of hydrogen-bond donors (Lipinski definition) is 1. The van der Waals surface area contributed by atoms with Crippen LogP contribution in [0.25, 0.3) is 0 Å². The zero-order valence-corrected chi connectivity index (χ0v) is 14.9. The maximum Gasteiger partial charge on any atom is 0.261 e. The van der Waals surface area contributed by atoms with E-state index < -0.39 is 10.0 Å². The molecule has 2 aromatic carbocycles. The van der Waals surface area contributed by atoms with Gasteiger partial charge in [-0.3, -0.25) is 4.72 Å². The minimum atomic E-state index is -3.58. The maximum absolute atomic E-state index is 12.4. The van der Waals surface area contributed by atoms with E-state index in [9.17, 15) is 8.42 Å². The molecule has 0 aromatic heterocycles. The number of hydrogen-bond acceptors (Lipinski definition) is 2. The predicted octanol–water partition coefficient (Wildman–Crippen LogP) is 4.63. The van der Waals surface area contributed by atoms with E-state index in [2.05, 4.69) is 36.6 Å². The number of nitrogens with one attached hydrogen (secondary N) is 1. The number of sulfonamides is 1. The van der Waals surface area contributed by atoms with Crippen LogP contribution in [0.1, 0.15) is 11.1 Å². The maximum atomic E-state index is 12.4. The average Bonchev–Trinajstić information content (AvgIpc) is 2.36. The van der Waals surface area contributed by atoms with E-state index in [-0.39, 0.29) is 4.90 Å². The van der Waals surface area contributed by atoms with Crippen molar-refractivity contribution in [3.8, 4) is 0 Å². The van der Waals surface area contributed by atoms with E-state index in [1.165, 1.54) is 0 Å². The molecule has 20 heavy (non-hydrogen) atoms. The van der Waals surface area contributed by atoms with Crippen LogP contribution < -0.4 is 4.72 Å². The minimum absolute atomic E-state index is 0.260. The second-order valence-corrected chi connectivity index (χ2v) is 7.93. The van der Waals surface area contributed by atoms with Crippen molar-refractivity contribution in [1.82, 2.24) is 0 Å². The highest BCUT2D eigenvalue weighted by Gasteiger charge is 2.16. The Morgan fingerprint density at radius 1 is 0.950 bits per heavy atom. The summed E-state index contributed by atoms with van der Waals surface area (Å²) >= 11 is 6.67. The predicted molar refractivity (Wildman–Crippen MR) is 88.6 cm³/mol. The topological polar surface area (TPSA) is 46.2 Å². The Labute approximate surface area is 135 Å². The van der Waals surface area contributed by atoms with Gasteiger partial charge in [0.05, 0.1) is 10.6 Å². The normalized spacial score (nSPS) is 11.4. The van der Waals surface area contributed by atoms with Crippen LogP contribution in [-0.4, -0.2) is 8.42 Å². The Morgan fingerprint density at radius 3 is 2.25 bits per heavy atom. The van der Waals surface area contributed by atoms with Gasteiger partial charge in [-0.25, -0.2) is 8.42 Å². The third-order valence-electron chi connectivity index (χ3n) is 2.96. The van der Waals surface area contributed by atoms with E-state index in [0.29, 0.717) is 10.2 Å². The van der Waals surface area contributed by atoms with Crippen molar-refractivity contribution >= 4 is 47.6 Å². The lowest BCUT2D eigenvalue weighted by molar-refractivity contribution is 0.601. The molecule has 0 radical (unpaired) electrons. The lowest BCUT2D eigenvalue weighted by Crippen LogP contribution is -2.13. The SMILES string of the molecule is Cc1ccc(S(=O)(=O)Nc2ccc(Br)cc2Br)cc1C. The van der Waals surface area contributed by atoms with Crippen molar-refractivity contribution in [2.45, 2.75) is 18.7 Å². The van der Waals surface area contributed by atoms with Crippen LogP contribution in [0.15, 0.2) is 50.2 Å². The molecule has 0 aliphatic carbocycles. The molecule has 0 saturated carbocycles. The molecule has 0 fully saturated rings. The third kappa shape index (κ3) is 3.42. The fourth-order valence-corrected chi connectivity index (χ4v) is 4.10. The van der Waals surface area contributed by atoms with Gasteiger partial charge >= 0.3 is 0 Å². The summed E-state index contributed by atoms with van der Waals surface area (Å²) in [6, 6.07) is 10.4. The summed E-state index contributed by atoms with van der Waals surface area (Å²) < 4.78 is 28.9. The van der Waals surface area contributed by atoms with Gasteiger partial charge in [0.15, 0.2) is 0 Å². The van der Waals surface area contributed by atoms with Crippen molar-refractivity contribution in [3.05, 3.63) is 56.5 Å². The van der Waals surface area contributed by atoms with Gasteiger partial charge in [0.25, 0.3) is 10.0 Å². The van der Waals surface area contributed by atoms with E-state index >= 15 is 0 Å². The summed E-state index contributed by atoms with van der Waals surface area (Å²) in [7, 11) is -3.58. The van der Waals surface area contributed by atoms with Crippen LogP contribution in [-0.2, 0) is 10.0 Å². The number of anilines is 1. The van der Waals surface area contributed by atoms with Crippen LogP contribution in [0, 0.1) is 13.8 Å². The van der Waals surface area contributed by atoms with Crippen molar-refractivity contribution in [1.29, 1.82) is 0 Å². The molecule has 0 aliphatic rings. The van der Waals surface area contributed by atoms with Gasteiger partial charge in [-0.15, -0.1) is 0 Å². The smallest absolute Gasteiger partial charge is 0.261 e. The molecule has 2 rings (SSSR count). The Balaban J connectivity index is 2.38. The van der Waals surface area contributed by atoms with Crippen LogP contribution in [0.4, 0.5) is 5.69 Å². The summed E-state index contributed by atoms with van der Waals surface area (Å²) in [6.45, 7) is 3.84. The van der Waals surface area contributed by atoms with Gasteiger partial charge in [-0.05, 0) is 71.2 Å². The summed E-state index contributed by atoms with van der Waals surface area (Å²) in [5, 5.41) is 0. The van der Waals surface area contributed by atoms with E-state index in [1.54, 1.807) is 36.4 Å². The first-order chi connectivity index (χ1) is 9.29. The molecule has 106 valence electrons. The van der Waals surface area contributed by atoms with E-state index in [1.807, 2.05) is 13.8 Å². The molecule has 0 atom stereocenters. The highest BCUT2D eigenvalue weighted by Crippen LogP contribution is 2.28. The second kappa shape index (κ2) is 5.87. The zero-order valence-electron chi connectivity index (χ0n) is 10.9. The monoisotopic (exact) mass is 417 g/mol. The molecule has 6 heteroatoms. The number of rotatable bonds is 3. The lowest BCUT2D eigenvalue weighted by atomic mass is 10.1. The Bertz CT molecular complexity index is 758. The first kappa shape index (κ1) is 15.5. The minimum Gasteiger partial charge on any atom is -0.278 e. The van der Waals surface area contributed by atoms with Crippen molar-refractivity contribution in [2.24, 2.45) is 0 Å². The molecule has 0 amide bonds. The lowest BCUT2D eigenvalue weighted by Gasteiger charge is -2.11. The quantitative estimate of drug-likeness (QED) is 0.789. The van der Waals surface area contributed by atoms with Crippen molar-refractivity contribution in [3.63, 3.8) is 0 Å². The highest BCUT2D eigenvalue weighted by atomic mass is 79.9. The highest BCUT2D eigenvalue weighted by molar-refractivity contribution is 9.11. The molecule has 3 nitrogen and oxygen atoms in total. The standard InChI is InChI=1S/C14H13Br2NO2S/c1-9-3-5-12(7-10(9)2)20(18,19)17-14-6-4-11(15)8-13(14)16/h3-8,17H,1-2H3. The summed E-state index contributed by atoms with van der Waals surface area (Å²) in [5.41, 5.74) is 2.52. The van der Waals surface area contributed by atoms with Gasteiger partial charge in [-0.2, -0.15) is 0 Å². The molecule has 0 aliphatic heterocycles. The molecule has 0 bridgehead atoms. The Morgan fingerprint density at radius 2 is 1.65 bits per heavy atom. The molecule has 0 unspecified atom stereocenters. The van der Waals surface area contributed by atoms with Gasteiger partial charge in [0.1, 0.15) is 0 Å². The Hall–Kier alpha value is -0.850. The number of benzene rings is 2. The zero-order chi connectivity index (χ0) is 14.9. The molecule has 0 saturated heterocycles. The fraction of sp³-hybridized carbons (Fsp3) is 0.143. The fourth-order valence-electron chi connectivity index (χ4n) is 1.66. The van der Waals surface area contributed by atoms with Crippen molar-refractivity contribution < 1.29 is 8.42 Å². The van der Waals surface area contributed by atoms with E-state index in [4.69, 9.17) is 0 Å². The molecule has 2 aromatic rings. The summed E-state index contributed by atoms with van der Waals surface area (Å²) in [6.07, 6.45) is 0. The largest absolute Gasteiger partial charge is 0.278 e. The van der Waals surface area contributed by atoms with Crippen molar-refractivity contribution in [2.75, 3.05) is 4.72 Å². The second-order valence-electron chi connectivity index (χ2n) is 4.48. The first-order valence-electron chi connectivity index (χ1n) is 5.85. The van der Waals surface area contributed by atoms with E-state index in [0.717, 1.165) is 15.6 Å². The van der Waals surface area contributed by atoms with Crippen LogP contribution in [0.5, 0.6) is 0 Å². The summed E-state index contributed by atoms with van der Waals surface area (Å²) in [5.74, 6) is 0. The van der Waals surface area contributed by atoms with Gasteiger partial charge < -0.3 is 0 Å². The third-order valence-corrected chi connectivity index (χ3v) is 5.48. The van der Waals surface area contributed by atoms with Gasteiger partial charge in [-0.1, -0.05) is 22.0 Å².